The largest absolute Gasteiger partial charge is 0.466 e. The van der Waals surface area contributed by atoms with Gasteiger partial charge in [-0.2, -0.15) is 0 Å². The van der Waals surface area contributed by atoms with Crippen LogP contribution >= 0.6 is 0 Å². The van der Waals surface area contributed by atoms with Gasteiger partial charge in [0.15, 0.2) is 0 Å². The number of hydrogen-bond donors (Lipinski definition) is 1. The second-order valence-corrected chi connectivity index (χ2v) is 5.04. The lowest BCUT2D eigenvalue weighted by Crippen LogP contribution is -2.43. The summed E-state index contributed by atoms with van der Waals surface area (Å²) in [5, 5.41) is 0. The third-order valence-electron chi connectivity index (χ3n) is 3.61. The number of piperidine rings is 1. The van der Waals surface area contributed by atoms with Crippen LogP contribution in [0.2, 0.25) is 0 Å². The number of halogens is 1. The summed E-state index contributed by atoms with van der Waals surface area (Å²) in [5.41, 5.74) is 5.60. The van der Waals surface area contributed by atoms with E-state index >= 15 is 0 Å². The summed E-state index contributed by atoms with van der Waals surface area (Å²) in [4.78, 5) is 25.7. The van der Waals surface area contributed by atoms with E-state index in [0.29, 0.717) is 26.0 Å². The Morgan fingerprint density at radius 3 is 2.95 bits per heavy atom. The van der Waals surface area contributed by atoms with Gasteiger partial charge in [0.1, 0.15) is 5.82 Å². The summed E-state index contributed by atoms with van der Waals surface area (Å²) in [6, 6.07) is 4.16. The van der Waals surface area contributed by atoms with Crippen molar-refractivity contribution in [1.82, 2.24) is 4.90 Å². The van der Waals surface area contributed by atoms with Gasteiger partial charge in [-0.3, -0.25) is 9.59 Å². The van der Waals surface area contributed by atoms with Crippen molar-refractivity contribution in [3.8, 4) is 0 Å². The summed E-state index contributed by atoms with van der Waals surface area (Å²) in [5.74, 6) is -1.57. The number of rotatable bonds is 3. The zero-order chi connectivity index (χ0) is 15.4. The molecule has 0 radical (unpaired) electrons. The number of nitrogens with two attached hydrogens (primary N) is 1. The van der Waals surface area contributed by atoms with E-state index in [1.165, 1.54) is 23.1 Å². The molecule has 2 N–H and O–H groups in total. The van der Waals surface area contributed by atoms with E-state index < -0.39 is 5.82 Å². The number of nitrogens with zero attached hydrogens (tertiary/aromatic N) is 1. The van der Waals surface area contributed by atoms with Crippen LogP contribution in [0.3, 0.4) is 0 Å². The molecule has 1 aromatic rings. The van der Waals surface area contributed by atoms with Gasteiger partial charge >= 0.3 is 5.97 Å². The minimum absolute atomic E-state index is 0.138. The van der Waals surface area contributed by atoms with Crippen molar-refractivity contribution in [3.63, 3.8) is 0 Å². The zero-order valence-electron chi connectivity index (χ0n) is 12.0. The zero-order valence-corrected chi connectivity index (χ0v) is 12.0. The molecule has 1 unspecified atom stereocenters. The Morgan fingerprint density at radius 2 is 2.24 bits per heavy atom. The first-order chi connectivity index (χ1) is 10.0. The van der Waals surface area contributed by atoms with Crippen LogP contribution in [-0.4, -0.2) is 36.5 Å². The van der Waals surface area contributed by atoms with Crippen molar-refractivity contribution in [2.24, 2.45) is 5.92 Å². The van der Waals surface area contributed by atoms with Crippen molar-refractivity contribution >= 4 is 17.6 Å². The monoisotopic (exact) mass is 294 g/mol. The molecule has 1 aliphatic heterocycles. The van der Waals surface area contributed by atoms with Crippen molar-refractivity contribution in [3.05, 3.63) is 29.6 Å². The van der Waals surface area contributed by atoms with Gasteiger partial charge in [-0.25, -0.2) is 4.39 Å². The highest BCUT2D eigenvalue weighted by atomic mass is 19.1. The third-order valence-corrected chi connectivity index (χ3v) is 3.61. The Bertz CT molecular complexity index is 548. The summed E-state index contributed by atoms with van der Waals surface area (Å²) in [7, 11) is 0. The fourth-order valence-electron chi connectivity index (χ4n) is 2.51. The minimum atomic E-state index is -0.611. The van der Waals surface area contributed by atoms with Crippen molar-refractivity contribution < 1.29 is 18.7 Å². The molecule has 1 aromatic carbocycles. The molecule has 114 valence electrons. The van der Waals surface area contributed by atoms with Gasteiger partial charge in [0.05, 0.1) is 23.8 Å². The number of benzene rings is 1. The third kappa shape index (κ3) is 3.32. The number of hydrogen-bond acceptors (Lipinski definition) is 4. The maximum Gasteiger partial charge on any atom is 0.310 e. The molecule has 0 aromatic heterocycles. The number of likely N-dealkylation sites (tertiary alicyclic amines) is 1. The van der Waals surface area contributed by atoms with E-state index in [4.69, 9.17) is 10.5 Å². The molecule has 21 heavy (non-hydrogen) atoms. The van der Waals surface area contributed by atoms with E-state index in [1.807, 2.05) is 0 Å². The SMILES string of the molecule is CCOC(=O)C1CCCN(C(=O)c2cccc(F)c2N)C1. The molecule has 1 aliphatic rings. The number of anilines is 1. The standard InChI is InChI=1S/C15H19FN2O3/c1-2-21-15(20)10-5-4-8-18(9-10)14(19)11-6-3-7-12(16)13(11)17/h3,6-7,10H,2,4-5,8-9,17H2,1H3. The Balaban J connectivity index is 2.12. The summed E-state index contributed by atoms with van der Waals surface area (Å²) in [6.07, 6.45) is 1.41. The lowest BCUT2D eigenvalue weighted by atomic mass is 9.97. The first-order valence-electron chi connectivity index (χ1n) is 7.04. The molecule has 0 aliphatic carbocycles. The van der Waals surface area contributed by atoms with Crippen LogP contribution in [0.25, 0.3) is 0 Å². The summed E-state index contributed by atoms with van der Waals surface area (Å²) >= 11 is 0. The van der Waals surface area contributed by atoms with E-state index in [0.717, 1.165) is 0 Å². The second kappa shape index (κ2) is 6.56. The van der Waals surface area contributed by atoms with Gasteiger partial charge in [0, 0.05) is 13.1 Å². The van der Waals surface area contributed by atoms with Crippen LogP contribution in [0, 0.1) is 11.7 Å². The number of nitrogen functional groups attached to an aromatic ring is 1. The Labute approximate surface area is 122 Å². The fourth-order valence-corrected chi connectivity index (χ4v) is 2.51. The molecule has 2 rings (SSSR count). The Kier molecular flexibility index (Phi) is 4.77. The fraction of sp³-hybridized carbons (Fsp3) is 0.467. The number of ether oxygens (including phenoxy) is 1. The number of carbonyl (C=O) groups is 2. The lowest BCUT2D eigenvalue weighted by molar-refractivity contribution is -0.149. The molecule has 0 saturated carbocycles. The number of carbonyl (C=O) groups excluding carboxylic acids is 2. The molecule has 1 saturated heterocycles. The second-order valence-electron chi connectivity index (χ2n) is 5.04. The highest BCUT2D eigenvalue weighted by molar-refractivity contribution is 5.99. The number of esters is 1. The van der Waals surface area contributed by atoms with Gasteiger partial charge in [0.25, 0.3) is 5.91 Å². The van der Waals surface area contributed by atoms with Gasteiger partial charge in [-0.1, -0.05) is 6.07 Å². The Morgan fingerprint density at radius 1 is 1.48 bits per heavy atom. The molecular weight excluding hydrogens is 275 g/mol. The van der Waals surface area contributed by atoms with Crippen LogP contribution in [0.15, 0.2) is 18.2 Å². The summed E-state index contributed by atoms with van der Waals surface area (Å²) in [6.45, 7) is 2.88. The van der Waals surface area contributed by atoms with E-state index in [1.54, 1.807) is 6.92 Å². The molecule has 0 spiro atoms. The van der Waals surface area contributed by atoms with Crippen LogP contribution < -0.4 is 5.73 Å². The normalized spacial score (nSPS) is 18.4. The van der Waals surface area contributed by atoms with Gasteiger partial charge in [0.2, 0.25) is 0 Å². The number of para-hydroxylation sites is 1. The van der Waals surface area contributed by atoms with Gasteiger partial charge in [-0.15, -0.1) is 0 Å². The average Bonchev–Trinajstić information content (AvgIpc) is 2.50. The van der Waals surface area contributed by atoms with Crippen molar-refractivity contribution in [1.29, 1.82) is 0 Å². The maximum atomic E-state index is 13.4. The molecule has 0 bridgehead atoms. The first kappa shape index (κ1) is 15.3. The predicted molar refractivity (Wildman–Crippen MR) is 76.1 cm³/mol. The molecule has 6 heteroatoms. The van der Waals surface area contributed by atoms with E-state index in [9.17, 15) is 14.0 Å². The van der Waals surface area contributed by atoms with Crippen LogP contribution in [0.4, 0.5) is 10.1 Å². The number of amides is 1. The average molecular weight is 294 g/mol. The van der Waals surface area contributed by atoms with Crippen LogP contribution in [-0.2, 0) is 9.53 Å². The summed E-state index contributed by atoms with van der Waals surface area (Å²) < 4.78 is 18.4. The van der Waals surface area contributed by atoms with E-state index in [2.05, 4.69) is 0 Å². The maximum absolute atomic E-state index is 13.4. The molecule has 1 atom stereocenters. The molecule has 5 nitrogen and oxygen atoms in total. The minimum Gasteiger partial charge on any atom is -0.466 e. The van der Waals surface area contributed by atoms with Crippen LogP contribution in [0.1, 0.15) is 30.1 Å². The molecule has 1 amide bonds. The molecule has 1 heterocycles. The molecular formula is C15H19FN2O3. The lowest BCUT2D eigenvalue weighted by Gasteiger charge is -2.31. The van der Waals surface area contributed by atoms with E-state index in [-0.39, 0.29) is 35.6 Å². The van der Waals surface area contributed by atoms with Crippen molar-refractivity contribution in [2.45, 2.75) is 19.8 Å². The van der Waals surface area contributed by atoms with Gasteiger partial charge in [-0.05, 0) is 31.9 Å². The van der Waals surface area contributed by atoms with Crippen molar-refractivity contribution in [2.75, 3.05) is 25.4 Å². The van der Waals surface area contributed by atoms with Crippen LogP contribution in [0.5, 0.6) is 0 Å². The van der Waals surface area contributed by atoms with Gasteiger partial charge < -0.3 is 15.4 Å². The topological polar surface area (TPSA) is 72.6 Å². The Hall–Kier alpha value is -2.11. The quantitative estimate of drug-likeness (QED) is 0.682. The smallest absolute Gasteiger partial charge is 0.310 e. The molecule has 1 fully saturated rings. The highest BCUT2D eigenvalue weighted by Gasteiger charge is 2.30. The predicted octanol–water partition coefficient (Wildman–Crippen LogP) is 1.82. The first-order valence-corrected chi connectivity index (χ1v) is 7.04. The highest BCUT2D eigenvalue weighted by Crippen LogP contribution is 2.23.